The van der Waals surface area contributed by atoms with E-state index in [1.54, 1.807) is 14.2 Å². The van der Waals surface area contributed by atoms with E-state index in [2.05, 4.69) is 4.98 Å². The van der Waals surface area contributed by atoms with Crippen LogP contribution >= 0.6 is 0 Å². The Morgan fingerprint density at radius 3 is 2.56 bits per heavy atom. The first kappa shape index (κ1) is 10.5. The van der Waals surface area contributed by atoms with Crippen molar-refractivity contribution in [1.29, 1.82) is 0 Å². The number of nitrogens with one attached hydrogen (secondary N) is 1. The molecule has 0 spiro atoms. The smallest absolute Gasteiger partial charge is 0.290 e. The number of aryl methyl sites for hydroxylation is 1. The van der Waals surface area contributed by atoms with Crippen LogP contribution in [0.1, 0.15) is 0 Å². The highest BCUT2D eigenvalue weighted by atomic mass is 16.5. The Morgan fingerprint density at radius 1 is 1.19 bits per heavy atom. The van der Waals surface area contributed by atoms with E-state index in [0.717, 1.165) is 22.9 Å². The van der Waals surface area contributed by atoms with Crippen molar-refractivity contribution in [3.63, 3.8) is 0 Å². The Labute approximate surface area is 94.4 Å². The van der Waals surface area contributed by atoms with E-state index in [1.165, 1.54) is 0 Å². The molecule has 0 aliphatic rings. The average Bonchev–Trinajstić information content (AvgIpc) is 2.74. The standard InChI is InChI=1S/C12H14N2O2/c1-14-7-6-13-12(14)10-5-4-9(15-2)8-11(10)16-3/h4-8H,1-3H3/p+1. The molecule has 4 heteroatoms. The molecule has 1 aromatic carbocycles. The maximum atomic E-state index is 5.35. The van der Waals surface area contributed by atoms with Crippen LogP contribution in [0.25, 0.3) is 11.4 Å². The number of hydrogen-bond donors (Lipinski definition) is 1. The van der Waals surface area contributed by atoms with Gasteiger partial charge in [0, 0.05) is 6.07 Å². The molecule has 4 nitrogen and oxygen atoms in total. The van der Waals surface area contributed by atoms with E-state index >= 15 is 0 Å². The molecule has 84 valence electrons. The molecule has 0 fully saturated rings. The van der Waals surface area contributed by atoms with Crippen LogP contribution in [0.15, 0.2) is 30.6 Å². The number of hydrogen-bond acceptors (Lipinski definition) is 2. The first-order chi connectivity index (χ1) is 7.76. The lowest BCUT2D eigenvalue weighted by Crippen LogP contribution is -2.27. The summed E-state index contributed by atoms with van der Waals surface area (Å²) in [6, 6.07) is 5.76. The van der Waals surface area contributed by atoms with Gasteiger partial charge in [-0.25, -0.2) is 9.55 Å². The number of benzene rings is 1. The Hall–Kier alpha value is -1.97. The summed E-state index contributed by atoms with van der Waals surface area (Å²) in [7, 11) is 5.28. The minimum absolute atomic E-state index is 0.787. The van der Waals surface area contributed by atoms with E-state index in [1.807, 2.05) is 42.2 Å². The van der Waals surface area contributed by atoms with Gasteiger partial charge in [0.2, 0.25) is 0 Å². The van der Waals surface area contributed by atoms with Crippen LogP contribution in [0.3, 0.4) is 0 Å². The number of nitrogens with zero attached hydrogens (tertiary/aromatic N) is 1. The summed E-state index contributed by atoms with van der Waals surface area (Å²) in [5.41, 5.74) is 1.01. The molecule has 1 heterocycles. The summed E-state index contributed by atoms with van der Waals surface area (Å²) in [4.78, 5) is 3.18. The monoisotopic (exact) mass is 219 g/mol. The molecule has 2 rings (SSSR count). The van der Waals surface area contributed by atoms with E-state index in [-0.39, 0.29) is 0 Å². The van der Waals surface area contributed by atoms with Crippen molar-refractivity contribution in [2.75, 3.05) is 14.2 Å². The summed E-state index contributed by atoms with van der Waals surface area (Å²) in [6.07, 6.45) is 3.85. The molecule has 0 saturated heterocycles. The van der Waals surface area contributed by atoms with Crippen LogP contribution in [0.2, 0.25) is 0 Å². The van der Waals surface area contributed by atoms with Gasteiger partial charge in [-0.15, -0.1) is 0 Å². The maximum absolute atomic E-state index is 5.35. The fraction of sp³-hybridized carbons (Fsp3) is 0.250. The van der Waals surface area contributed by atoms with Crippen LogP contribution in [0.5, 0.6) is 11.5 Å². The van der Waals surface area contributed by atoms with Crippen molar-refractivity contribution in [3.8, 4) is 22.9 Å². The second kappa shape index (κ2) is 4.26. The third kappa shape index (κ3) is 1.74. The Balaban J connectivity index is 2.53. The molecule has 0 amide bonds. The number of aromatic nitrogens is 2. The van der Waals surface area contributed by atoms with E-state index in [0.29, 0.717) is 0 Å². The molecule has 2 aromatic rings. The van der Waals surface area contributed by atoms with Gasteiger partial charge in [0.15, 0.2) is 0 Å². The molecule has 0 saturated carbocycles. The van der Waals surface area contributed by atoms with Gasteiger partial charge in [0.05, 0.1) is 21.3 Å². The zero-order valence-electron chi connectivity index (χ0n) is 9.65. The van der Waals surface area contributed by atoms with E-state index in [9.17, 15) is 0 Å². The second-order valence-electron chi connectivity index (χ2n) is 3.49. The van der Waals surface area contributed by atoms with E-state index < -0.39 is 0 Å². The van der Waals surface area contributed by atoms with Crippen molar-refractivity contribution in [2.45, 2.75) is 0 Å². The molecule has 16 heavy (non-hydrogen) atoms. The van der Waals surface area contributed by atoms with Gasteiger partial charge >= 0.3 is 0 Å². The van der Waals surface area contributed by atoms with Gasteiger partial charge in [-0.2, -0.15) is 0 Å². The number of methoxy groups -OCH3 is 2. The number of rotatable bonds is 3. The van der Waals surface area contributed by atoms with Crippen LogP contribution in [-0.2, 0) is 7.05 Å². The van der Waals surface area contributed by atoms with Gasteiger partial charge in [-0.05, 0) is 12.1 Å². The normalized spacial score (nSPS) is 10.2. The van der Waals surface area contributed by atoms with Gasteiger partial charge < -0.3 is 9.47 Å². The van der Waals surface area contributed by atoms with Crippen LogP contribution in [0, 0.1) is 0 Å². The summed E-state index contributed by atoms with van der Waals surface area (Å²) in [5.74, 6) is 2.58. The minimum Gasteiger partial charge on any atom is -0.497 e. The Kier molecular flexibility index (Phi) is 2.81. The van der Waals surface area contributed by atoms with Crippen molar-refractivity contribution in [1.82, 2.24) is 4.98 Å². The van der Waals surface area contributed by atoms with Gasteiger partial charge in [0.25, 0.3) is 5.82 Å². The van der Waals surface area contributed by atoms with E-state index in [4.69, 9.17) is 9.47 Å². The highest BCUT2D eigenvalue weighted by molar-refractivity contribution is 5.63. The fourth-order valence-corrected chi connectivity index (χ4v) is 1.67. The quantitative estimate of drug-likeness (QED) is 0.795. The molecular weight excluding hydrogens is 204 g/mol. The molecule has 0 unspecified atom stereocenters. The summed E-state index contributed by atoms with van der Waals surface area (Å²) in [5, 5.41) is 0. The molecule has 1 N–H and O–H groups in total. The first-order valence-electron chi connectivity index (χ1n) is 5.01. The predicted molar refractivity (Wildman–Crippen MR) is 60.5 cm³/mol. The number of imidazole rings is 1. The number of aromatic amines is 1. The lowest BCUT2D eigenvalue weighted by atomic mass is 10.2. The van der Waals surface area contributed by atoms with Gasteiger partial charge in [-0.1, -0.05) is 0 Å². The van der Waals surface area contributed by atoms with Gasteiger partial charge in [0.1, 0.15) is 29.5 Å². The molecular formula is C12H15N2O2+. The van der Waals surface area contributed by atoms with Crippen LogP contribution in [-0.4, -0.2) is 19.2 Å². The third-order valence-electron chi connectivity index (χ3n) is 2.53. The lowest BCUT2D eigenvalue weighted by molar-refractivity contribution is -0.658. The molecule has 0 aliphatic carbocycles. The third-order valence-corrected chi connectivity index (χ3v) is 2.53. The van der Waals surface area contributed by atoms with Crippen molar-refractivity contribution < 1.29 is 14.0 Å². The largest absolute Gasteiger partial charge is 0.497 e. The SMILES string of the molecule is COc1ccc(-c2[nH]cc[n+]2C)c(OC)c1. The van der Waals surface area contributed by atoms with Crippen molar-refractivity contribution >= 4 is 0 Å². The van der Waals surface area contributed by atoms with Crippen LogP contribution < -0.4 is 14.0 Å². The summed E-state index contributed by atoms with van der Waals surface area (Å²) < 4.78 is 12.5. The summed E-state index contributed by atoms with van der Waals surface area (Å²) >= 11 is 0. The minimum atomic E-state index is 0.787. The first-order valence-corrected chi connectivity index (χ1v) is 5.01. The summed E-state index contributed by atoms with van der Waals surface area (Å²) in [6.45, 7) is 0. The molecule has 0 radical (unpaired) electrons. The lowest BCUT2D eigenvalue weighted by Gasteiger charge is -2.07. The maximum Gasteiger partial charge on any atom is 0.290 e. The number of ether oxygens (including phenoxy) is 2. The highest BCUT2D eigenvalue weighted by Crippen LogP contribution is 2.30. The topological polar surface area (TPSA) is 38.1 Å². The predicted octanol–water partition coefficient (Wildman–Crippen LogP) is 1.52. The molecule has 0 atom stereocenters. The fourth-order valence-electron chi connectivity index (χ4n) is 1.67. The van der Waals surface area contributed by atoms with Crippen LogP contribution in [0.4, 0.5) is 0 Å². The molecule has 1 aromatic heterocycles. The number of H-pyrrole nitrogens is 1. The van der Waals surface area contributed by atoms with Crippen molar-refractivity contribution in [3.05, 3.63) is 30.6 Å². The Bertz CT molecular complexity index is 492. The molecule has 0 aliphatic heterocycles. The Morgan fingerprint density at radius 2 is 2.00 bits per heavy atom. The zero-order chi connectivity index (χ0) is 11.5. The van der Waals surface area contributed by atoms with Gasteiger partial charge in [-0.3, -0.25) is 0 Å². The average molecular weight is 219 g/mol. The highest BCUT2D eigenvalue weighted by Gasteiger charge is 2.16. The molecule has 0 bridgehead atoms. The second-order valence-corrected chi connectivity index (χ2v) is 3.49. The van der Waals surface area contributed by atoms with Crippen molar-refractivity contribution in [2.24, 2.45) is 7.05 Å². The zero-order valence-corrected chi connectivity index (χ0v) is 9.65.